The van der Waals surface area contributed by atoms with Gasteiger partial charge in [-0.15, -0.1) is 0 Å². The molecule has 1 fully saturated rings. The normalized spacial score (nSPS) is 15.1. The Morgan fingerprint density at radius 3 is 2.66 bits per heavy atom. The van der Waals surface area contributed by atoms with Crippen LogP contribution in [0.25, 0.3) is 16.7 Å². The first-order valence-electron chi connectivity index (χ1n) is 10.4. The Morgan fingerprint density at radius 1 is 1.12 bits per heavy atom. The number of halogens is 2. The zero-order valence-corrected chi connectivity index (χ0v) is 17.6. The molecule has 11 heteroatoms. The van der Waals surface area contributed by atoms with Gasteiger partial charge in [0.2, 0.25) is 5.88 Å². The third-order valence-electron chi connectivity index (χ3n) is 5.42. The van der Waals surface area contributed by atoms with Gasteiger partial charge in [0.05, 0.1) is 11.9 Å². The molecule has 0 aliphatic carbocycles. The number of anilines is 1. The molecule has 5 rings (SSSR count). The van der Waals surface area contributed by atoms with Crippen molar-refractivity contribution >= 4 is 17.0 Å². The average molecular weight is 441 g/mol. The Hall–Kier alpha value is -3.63. The first kappa shape index (κ1) is 20.3. The van der Waals surface area contributed by atoms with Crippen LogP contribution in [-0.2, 0) is 0 Å². The summed E-state index contributed by atoms with van der Waals surface area (Å²) in [6, 6.07) is 4.09. The van der Waals surface area contributed by atoms with E-state index in [0.29, 0.717) is 47.5 Å². The largest absolute Gasteiger partial charge is 0.474 e. The highest BCUT2D eigenvalue weighted by Crippen LogP contribution is 2.27. The van der Waals surface area contributed by atoms with E-state index in [9.17, 15) is 8.78 Å². The van der Waals surface area contributed by atoms with Crippen LogP contribution in [0.15, 0.2) is 35.2 Å². The molecular formula is C21H21F2N7O2. The van der Waals surface area contributed by atoms with Crippen LogP contribution < -0.4 is 9.64 Å². The molecule has 4 aromatic rings. The molecule has 0 N–H and O–H groups in total. The summed E-state index contributed by atoms with van der Waals surface area (Å²) in [6.07, 6.45) is 4.39. The molecule has 3 aromatic heterocycles. The molecule has 1 aliphatic rings. The van der Waals surface area contributed by atoms with Gasteiger partial charge < -0.3 is 14.2 Å². The van der Waals surface area contributed by atoms with Crippen molar-refractivity contribution in [2.45, 2.75) is 38.7 Å². The zero-order chi connectivity index (χ0) is 22.2. The van der Waals surface area contributed by atoms with Crippen molar-refractivity contribution in [1.82, 2.24) is 29.9 Å². The third-order valence-corrected chi connectivity index (χ3v) is 5.42. The van der Waals surface area contributed by atoms with Crippen molar-refractivity contribution in [3.63, 3.8) is 0 Å². The predicted octanol–water partition coefficient (Wildman–Crippen LogP) is 3.65. The van der Waals surface area contributed by atoms with Crippen molar-refractivity contribution < 1.29 is 18.0 Å². The minimum Gasteiger partial charge on any atom is -0.474 e. The summed E-state index contributed by atoms with van der Waals surface area (Å²) >= 11 is 0. The lowest BCUT2D eigenvalue weighted by atomic mass is 10.1. The Balaban J connectivity index is 1.31. The Bertz CT molecular complexity index is 1250. The van der Waals surface area contributed by atoms with Gasteiger partial charge in [-0.3, -0.25) is 0 Å². The number of rotatable bonds is 5. The number of hydrogen-bond acceptors (Lipinski definition) is 8. The van der Waals surface area contributed by atoms with Gasteiger partial charge in [0.15, 0.2) is 23.1 Å². The standard InChI is InChI=1S/C21H21F2N7O2/c1-12(2)18-27-21(32-28-18)29-7-5-14(6-8-29)31-20-15-10-26-30(19(15)24-11-25-20)13-3-4-16(22)17(23)9-13/h3-4,9-12,14H,5-8H2,1-2H3. The Labute approximate surface area is 182 Å². The van der Waals surface area contributed by atoms with Gasteiger partial charge in [-0.1, -0.05) is 19.0 Å². The van der Waals surface area contributed by atoms with E-state index >= 15 is 0 Å². The fourth-order valence-electron chi connectivity index (χ4n) is 3.63. The molecule has 0 atom stereocenters. The fourth-order valence-corrected chi connectivity index (χ4v) is 3.63. The molecule has 0 unspecified atom stereocenters. The lowest BCUT2D eigenvalue weighted by Gasteiger charge is -2.30. The summed E-state index contributed by atoms with van der Waals surface area (Å²) in [4.78, 5) is 15.0. The molecule has 166 valence electrons. The van der Waals surface area contributed by atoms with Crippen LogP contribution in [0.3, 0.4) is 0 Å². The molecule has 0 saturated carbocycles. The molecule has 0 radical (unpaired) electrons. The Kier molecular flexibility index (Phi) is 5.16. The van der Waals surface area contributed by atoms with Crippen LogP contribution in [-0.4, -0.2) is 49.1 Å². The first-order chi connectivity index (χ1) is 15.5. The number of aromatic nitrogens is 6. The van der Waals surface area contributed by atoms with E-state index in [1.807, 2.05) is 13.8 Å². The number of fused-ring (bicyclic) bond motifs is 1. The third kappa shape index (κ3) is 3.74. The minimum atomic E-state index is -0.954. The zero-order valence-electron chi connectivity index (χ0n) is 17.6. The molecule has 1 aromatic carbocycles. The first-order valence-corrected chi connectivity index (χ1v) is 10.4. The monoisotopic (exact) mass is 441 g/mol. The second kappa shape index (κ2) is 8.13. The maximum atomic E-state index is 13.7. The maximum Gasteiger partial charge on any atom is 0.324 e. The number of nitrogens with zero attached hydrogens (tertiary/aromatic N) is 7. The van der Waals surface area contributed by atoms with E-state index in [0.717, 1.165) is 25.0 Å². The van der Waals surface area contributed by atoms with E-state index in [1.54, 1.807) is 6.20 Å². The minimum absolute atomic E-state index is 0.0524. The van der Waals surface area contributed by atoms with Gasteiger partial charge in [0.1, 0.15) is 17.8 Å². The van der Waals surface area contributed by atoms with Gasteiger partial charge in [0, 0.05) is 37.9 Å². The SMILES string of the molecule is CC(C)c1noc(N2CCC(Oc3ncnc4c3cnn4-c3ccc(F)c(F)c3)CC2)n1. The Morgan fingerprint density at radius 2 is 1.94 bits per heavy atom. The summed E-state index contributed by atoms with van der Waals surface area (Å²) in [5, 5.41) is 8.88. The predicted molar refractivity (Wildman–Crippen MR) is 111 cm³/mol. The summed E-state index contributed by atoms with van der Waals surface area (Å²) in [5.41, 5.74) is 0.808. The van der Waals surface area contributed by atoms with Crippen molar-refractivity contribution in [1.29, 1.82) is 0 Å². The summed E-state index contributed by atoms with van der Waals surface area (Å²) in [7, 11) is 0. The molecule has 9 nitrogen and oxygen atoms in total. The fraction of sp³-hybridized carbons (Fsp3) is 0.381. The number of benzene rings is 1. The molecule has 0 amide bonds. The van der Waals surface area contributed by atoms with Crippen LogP contribution >= 0.6 is 0 Å². The quantitative estimate of drug-likeness (QED) is 0.463. The smallest absolute Gasteiger partial charge is 0.324 e. The molecule has 0 spiro atoms. The maximum absolute atomic E-state index is 13.7. The highest BCUT2D eigenvalue weighted by atomic mass is 19.2. The van der Waals surface area contributed by atoms with Crippen LogP contribution in [0, 0.1) is 11.6 Å². The summed E-state index contributed by atoms with van der Waals surface area (Å²) < 4.78 is 39.9. The second-order valence-electron chi connectivity index (χ2n) is 7.96. The molecule has 1 saturated heterocycles. The van der Waals surface area contributed by atoms with Crippen molar-refractivity contribution in [2.24, 2.45) is 0 Å². The van der Waals surface area contributed by atoms with Crippen molar-refractivity contribution in [3.05, 3.63) is 48.2 Å². The van der Waals surface area contributed by atoms with Crippen LogP contribution in [0.2, 0.25) is 0 Å². The average Bonchev–Trinajstić information content (AvgIpc) is 3.45. The number of ether oxygens (including phenoxy) is 1. The van der Waals surface area contributed by atoms with E-state index in [2.05, 4.69) is 30.1 Å². The topological polar surface area (TPSA) is 95.0 Å². The molecule has 0 bridgehead atoms. The summed E-state index contributed by atoms with van der Waals surface area (Å²) in [5.74, 6) is -0.566. The highest BCUT2D eigenvalue weighted by molar-refractivity contribution is 5.81. The highest BCUT2D eigenvalue weighted by Gasteiger charge is 2.26. The summed E-state index contributed by atoms with van der Waals surface area (Å²) in [6.45, 7) is 5.47. The molecule has 4 heterocycles. The van der Waals surface area contributed by atoms with E-state index < -0.39 is 11.6 Å². The van der Waals surface area contributed by atoms with Crippen LogP contribution in [0.1, 0.15) is 38.4 Å². The van der Waals surface area contributed by atoms with Gasteiger partial charge in [-0.2, -0.15) is 10.1 Å². The lowest BCUT2D eigenvalue weighted by molar-refractivity contribution is 0.164. The van der Waals surface area contributed by atoms with Crippen molar-refractivity contribution in [3.8, 4) is 11.6 Å². The van der Waals surface area contributed by atoms with Gasteiger partial charge >= 0.3 is 6.01 Å². The van der Waals surface area contributed by atoms with E-state index in [1.165, 1.54) is 17.1 Å². The van der Waals surface area contributed by atoms with Crippen molar-refractivity contribution in [2.75, 3.05) is 18.0 Å². The van der Waals surface area contributed by atoms with Gasteiger partial charge in [0.25, 0.3) is 0 Å². The number of piperidine rings is 1. The van der Waals surface area contributed by atoms with Crippen LogP contribution in [0.4, 0.5) is 14.8 Å². The number of hydrogen-bond donors (Lipinski definition) is 0. The molecule has 32 heavy (non-hydrogen) atoms. The van der Waals surface area contributed by atoms with E-state index in [4.69, 9.17) is 9.26 Å². The van der Waals surface area contributed by atoms with Crippen LogP contribution in [0.5, 0.6) is 5.88 Å². The lowest BCUT2D eigenvalue weighted by Crippen LogP contribution is -2.38. The van der Waals surface area contributed by atoms with E-state index in [-0.39, 0.29) is 12.0 Å². The van der Waals surface area contributed by atoms with Gasteiger partial charge in [-0.05, 0) is 12.1 Å². The second-order valence-corrected chi connectivity index (χ2v) is 7.96. The molecular weight excluding hydrogens is 420 g/mol. The molecule has 1 aliphatic heterocycles. The van der Waals surface area contributed by atoms with Gasteiger partial charge in [-0.25, -0.2) is 23.4 Å².